The molecule has 0 atom stereocenters. The fourth-order valence-electron chi connectivity index (χ4n) is 1.24. The molecule has 104 valence electrons. The molecule has 0 heterocycles. The number of ether oxygens (including phenoxy) is 1. The predicted molar refractivity (Wildman–Crippen MR) is 63.7 cm³/mol. The van der Waals surface area contributed by atoms with Gasteiger partial charge in [0, 0.05) is 18.7 Å². The quantitative estimate of drug-likeness (QED) is 0.805. The maximum absolute atomic E-state index is 11.9. The number of carbonyl (C=O) groups excluding carboxylic acids is 1. The maximum atomic E-state index is 11.9. The Morgan fingerprint density at radius 3 is 2.42 bits per heavy atom. The minimum absolute atomic E-state index is 0.246. The molecule has 0 bridgehead atoms. The molecule has 0 aliphatic rings. The van der Waals surface area contributed by atoms with Gasteiger partial charge in [-0.1, -0.05) is 12.2 Å². The number of rotatable bonds is 5. The van der Waals surface area contributed by atoms with Crippen LogP contribution in [-0.2, 0) is 0 Å². The fourth-order valence-corrected chi connectivity index (χ4v) is 1.24. The van der Waals surface area contributed by atoms with E-state index in [1.54, 1.807) is 12.2 Å². The van der Waals surface area contributed by atoms with Gasteiger partial charge >= 0.3 is 6.36 Å². The first kappa shape index (κ1) is 15.0. The van der Waals surface area contributed by atoms with Gasteiger partial charge in [0.05, 0.1) is 0 Å². The lowest BCUT2D eigenvalue weighted by molar-refractivity contribution is -0.274. The van der Waals surface area contributed by atoms with E-state index in [1.165, 1.54) is 12.1 Å². The predicted octanol–water partition coefficient (Wildman–Crippen LogP) is 1.83. The van der Waals surface area contributed by atoms with Crippen LogP contribution >= 0.6 is 0 Å². The number of alkyl halides is 3. The van der Waals surface area contributed by atoms with Crippen LogP contribution in [0.5, 0.6) is 5.75 Å². The van der Waals surface area contributed by atoms with Crippen LogP contribution in [0.25, 0.3) is 0 Å². The summed E-state index contributed by atoms with van der Waals surface area (Å²) in [6, 6.07) is 4.67. The maximum Gasteiger partial charge on any atom is 0.573 e. The molecule has 0 fully saturated rings. The average Bonchev–Trinajstić information content (AvgIpc) is 2.33. The molecule has 0 radical (unpaired) electrons. The monoisotopic (exact) mass is 274 g/mol. The van der Waals surface area contributed by atoms with Crippen molar-refractivity contribution in [3.63, 3.8) is 0 Å². The highest BCUT2D eigenvalue weighted by Crippen LogP contribution is 2.22. The molecule has 0 saturated carbocycles. The van der Waals surface area contributed by atoms with Crippen LogP contribution in [0.1, 0.15) is 10.4 Å². The van der Waals surface area contributed by atoms with Crippen LogP contribution in [0.2, 0.25) is 0 Å². The normalized spacial score (nSPS) is 11.6. The van der Waals surface area contributed by atoms with Crippen molar-refractivity contribution in [1.29, 1.82) is 0 Å². The third-order valence-corrected chi connectivity index (χ3v) is 2.03. The van der Waals surface area contributed by atoms with Crippen LogP contribution in [0.4, 0.5) is 13.2 Å². The van der Waals surface area contributed by atoms with Gasteiger partial charge in [0.25, 0.3) is 5.91 Å². The number of nitrogens with one attached hydrogen (secondary N) is 1. The Balaban J connectivity index is 2.56. The van der Waals surface area contributed by atoms with E-state index in [4.69, 9.17) is 5.73 Å². The van der Waals surface area contributed by atoms with Crippen LogP contribution in [0.15, 0.2) is 36.4 Å². The van der Waals surface area contributed by atoms with Crippen LogP contribution < -0.4 is 15.8 Å². The van der Waals surface area contributed by atoms with Gasteiger partial charge < -0.3 is 15.8 Å². The van der Waals surface area contributed by atoms with Crippen molar-refractivity contribution in [2.45, 2.75) is 6.36 Å². The molecular formula is C12H13F3N2O2. The lowest BCUT2D eigenvalue weighted by Crippen LogP contribution is -2.23. The van der Waals surface area contributed by atoms with Gasteiger partial charge in [0.1, 0.15) is 5.75 Å². The van der Waals surface area contributed by atoms with Crippen molar-refractivity contribution in [1.82, 2.24) is 5.32 Å². The van der Waals surface area contributed by atoms with E-state index < -0.39 is 6.36 Å². The first-order valence-electron chi connectivity index (χ1n) is 5.41. The van der Waals surface area contributed by atoms with E-state index in [2.05, 4.69) is 10.1 Å². The van der Waals surface area contributed by atoms with Gasteiger partial charge in [-0.2, -0.15) is 0 Å². The summed E-state index contributed by atoms with van der Waals surface area (Å²) in [5, 5.41) is 2.56. The number of hydrogen-bond donors (Lipinski definition) is 2. The van der Waals surface area contributed by atoms with Crippen molar-refractivity contribution in [2.75, 3.05) is 13.1 Å². The van der Waals surface area contributed by atoms with E-state index in [9.17, 15) is 18.0 Å². The summed E-state index contributed by atoms with van der Waals surface area (Å²) in [6.07, 6.45) is -1.38. The highest BCUT2D eigenvalue weighted by molar-refractivity contribution is 5.94. The number of benzene rings is 1. The van der Waals surface area contributed by atoms with Gasteiger partial charge in [0.15, 0.2) is 0 Å². The summed E-state index contributed by atoms with van der Waals surface area (Å²) in [7, 11) is 0. The molecule has 1 aromatic carbocycles. The average molecular weight is 274 g/mol. The highest BCUT2D eigenvalue weighted by Gasteiger charge is 2.30. The highest BCUT2D eigenvalue weighted by atomic mass is 19.4. The molecule has 1 aromatic rings. The smallest absolute Gasteiger partial charge is 0.406 e. The molecule has 7 heteroatoms. The number of halogens is 3. The fraction of sp³-hybridized carbons (Fsp3) is 0.250. The number of hydrogen-bond acceptors (Lipinski definition) is 3. The van der Waals surface area contributed by atoms with Crippen molar-refractivity contribution < 1.29 is 22.7 Å². The Morgan fingerprint density at radius 2 is 1.89 bits per heavy atom. The molecule has 1 rings (SSSR count). The standard InChI is InChI=1S/C12H13F3N2O2/c13-12(14,15)19-10-5-3-9(4-6-10)11(18)17-8-2-1-7-16/h1-6H,7-8,16H2,(H,17,18)/b2-1+. The molecule has 0 saturated heterocycles. The second-order valence-electron chi connectivity index (χ2n) is 3.49. The van der Waals surface area contributed by atoms with Crippen LogP contribution in [0.3, 0.4) is 0 Å². The third kappa shape index (κ3) is 5.91. The van der Waals surface area contributed by atoms with Crippen LogP contribution in [-0.4, -0.2) is 25.4 Å². The number of carbonyl (C=O) groups is 1. The van der Waals surface area contributed by atoms with E-state index in [1.807, 2.05) is 0 Å². The summed E-state index contributed by atoms with van der Waals surface area (Å²) in [5.41, 5.74) is 5.46. The van der Waals surface area contributed by atoms with Gasteiger partial charge in [-0.25, -0.2) is 0 Å². The lowest BCUT2D eigenvalue weighted by Gasteiger charge is -2.09. The minimum Gasteiger partial charge on any atom is -0.406 e. The number of nitrogens with two attached hydrogens (primary N) is 1. The SMILES string of the molecule is NC/C=C/CNC(=O)c1ccc(OC(F)(F)F)cc1. The largest absolute Gasteiger partial charge is 0.573 e. The van der Waals surface area contributed by atoms with Gasteiger partial charge in [-0.05, 0) is 24.3 Å². The molecule has 3 N–H and O–H groups in total. The van der Waals surface area contributed by atoms with E-state index >= 15 is 0 Å². The second-order valence-corrected chi connectivity index (χ2v) is 3.49. The van der Waals surface area contributed by atoms with E-state index in [-0.39, 0.29) is 17.2 Å². The van der Waals surface area contributed by atoms with E-state index in [0.717, 1.165) is 12.1 Å². The molecule has 0 aromatic heterocycles. The summed E-state index contributed by atoms with van der Waals surface area (Å²) in [5.74, 6) is -0.757. The summed E-state index contributed by atoms with van der Waals surface area (Å²) >= 11 is 0. The summed E-state index contributed by atoms with van der Waals surface area (Å²) in [6.45, 7) is 0.677. The molecular weight excluding hydrogens is 261 g/mol. The molecule has 4 nitrogen and oxygen atoms in total. The molecule has 0 spiro atoms. The second kappa shape index (κ2) is 6.79. The minimum atomic E-state index is -4.74. The van der Waals surface area contributed by atoms with Crippen molar-refractivity contribution in [2.24, 2.45) is 5.73 Å². The van der Waals surface area contributed by atoms with Gasteiger partial charge in [0.2, 0.25) is 0 Å². The zero-order valence-corrected chi connectivity index (χ0v) is 9.91. The molecule has 0 aliphatic heterocycles. The summed E-state index contributed by atoms with van der Waals surface area (Å²) < 4.78 is 39.5. The number of amides is 1. The molecule has 0 unspecified atom stereocenters. The van der Waals surface area contributed by atoms with Crippen molar-refractivity contribution in [3.8, 4) is 5.75 Å². The van der Waals surface area contributed by atoms with Crippen molar-refractivity contribution in [3.05, 3.63) is 42.0 Å². The van der Waals surface area contributed by atoms with Gasteiger partial charge in [-0.3, -0.25) is 4.79 Å². The molecule has 0 aliphatic carbocycles. The Bertz CT molecular complexity index is 441. The summed E-state index contributed by atoms with van der Waals surface area (Å²) in [4.78, 5) is 11.6. The topological polar surface area (TPSA) is 64.3 Å². The Hall–Kier alpha value is -2.02. The first-order chi connectivity index (χ1) is 8.92. The third-order valence-electron chi connectivity index (χ3n) is 2.03. The van der Waals surface area contributed by atoms with E-state index in [0.29, 0.717) is 13.1 Å². The Morgan fingerprint density at radius 1 is 1.26 bits per heavy atom. The zero-order chi connectivity index (χ0) is 14.3. The Kier molecular flexibility index (Phi) is 5.37. The Labute approximate surface area is 108 Å². The van der Waals surface area contributed by atoms with Crippen molar-refractivity contribution >= 4 is 5.91 Å². The lowest BCUT2D eigenvalue weighted by atomic mass is 10.2. The molecule has 1 amide bonds. The zero-order valence-electron chi connectivity index (χ0n) is 9.91. The first-order valence-corrected chi connectivity index (χ1v) is 5.41. The van der Waals surface area contributed by atoms with Crippen LogP contribution in [0, 0.1) is 0 Å². The van der Waals surface area contributed by atoms with Gasteiger partial charge in [-0.15, -0.1) is 13.2 Å². The molecule has 19 heavy (non-hydrogen) atoms.